The third-order valence-electron chi connectivity index (χ3n) is 8.10. The number of hydrogen-bond donors (Lipinski definition) is 3. The van der Waals surface area contributed by atoms with Crippen LogP contribution in [0.1, 0.15) is 37.3 Å². The van der Waals surface area contributed by atoms with Crippen LogP contribution in [0.2, 0.25) is 0 Å². The predicted molar refractivity (Wildman–Crippen MR) is 123 cm³/mol. The number of carbonyl (C=O) groups is 3. The first kappa shape index (κ1) is 24.5. The molecule has 1 aromatic rings. The van der Waals surface area contributed by atoms with Crippen molar-refractivity contribution in [3.05, 3.63) is 35.1 Å². The number of aliphatic carboxylic acids is 1. The highest BCUT2D eigenvalue weighted by molar-refractivity contribution is 5.85. The molecule has 0 radical (unpaired) electrons. The molecule has 2 bridgehead atoms. The average molecular weight is 503 g/mol. The van der Waals surface area contributed by atoms with Crippen molar-refractivity contribution in [3.63, 3.8) is 0 Å². The van der Waals surface area contributed by atoms with Gasteiger partial charge in [-0.25, -0.2) is 4.79 Å². The van der Waals surface area contributed by atoms with Crippen molar-refractivity contribution >= 4 is 17.9 Å². The molecule has 6 atom stereocenters. The maximum absolute atomic E-state index is 12.9. The van der Waals surface area contributed by atoms with Gasteiger partial charge in [0.2, 0.25) is 0 Å². The third kappa shape index (κ3) is 3.33. The minimum atomic E-state index is -1.41. The summed E-state index contributed by atoms with van der Waals surface area (Å²) < 4.78 is 22.7. The van der Waals surface area contributed by atoms with Gasteiger partial charge in [0.1, 0.15) is 11.8 Å². The van der Waals surface area contributed by atoms with E-state index in [0.29, 0.717) is 24.3 Å². The number of likely N-dealkylation sites (tertiary alicyclic amines) is 1. The Labute approximate surface area is 207 Å². The standard InChI is InChI=1S/C25H30N2O9/c1-12(34-23(31)14(26)11-18(28)29)22(30)35-16-6-7-25(32)17-10-13-4-5-15(33-3)20-19(13)24(25,21(16)36-20)8-9-27(17)2/h4-6,12,14,17,21,32H,7-11,26H2,1-3H3,(H,28,29)/t12-,14-,17+,21-,24-,25+/m0/s1. The van der Waals surface area contributed by atoms with Crippen molar-refractivity contribution in [1.82, 2.24) is 4.90 Å². The van der Waals surface area contributed by atoms with E-state index in [0.717, 1.165) is 17.7 Å². The molecule has 5 rings (SSSR count). The first-order chi connectivity index (χ1) is 17.0. The third-order valence-corrected chi connectivity index (χ3v) is 8.10. The minimum Gasteiger partial charge on any atom is -0.493 e. The maximum atomic E-state index is 12.9. The number of nitrogens with two attached hydrogens (primary N) is 1. The Morgan fingerprint density at radius 2 is 2.06 bits per heavy atom. The van der Waals surface area contributed by atoms with E-state index in [1.807, 2.05) is 19.2 Å². The molecular formula is C25H30N2O9. The van der Waals surface area contributed by atoms with E-state index in [9.17, 15) is 19.5 Å². The van der Waals surface area contributed by atoms with Gasteiger partial charge in [0, 0.05) is 18.0 Å². The molecule has 1 saturated heterocycles. The van der Waals surface area contributed by atoms with Crippen molar-refractivity contribution in [3.8, 4) is 11.5 Å². The van der Waals surface area contributed by atoms with E-state index in [1.165, 1.54) is 6.92 Å². The number of aliphatic hydroxyl groups is 1. The second kappa shape index (κ2) is 8.46. The van der Waals surface area contributed by atoms with Gasteiger partial charge in [0.15, 0.2) is 23.7 Å². The number of carbonyl (C=O) groups excluding carboxylic acids is 2. The summed E-state index contributed by atoms with van der Waals surface area (Å²) in [6.45, 7) is 2.04. The molecule has 4 aliphatic rings. The lowest BCUT2D eigenvalue weighted by Gasteiger charge is -2.61. The molecule has 1 fully saturated rings. The Kier molecular flexibility index (Phi) is 5.77. The Bertz CT molecular complexity index is 1170. The average Bonchev–Trinajstić information content (AvgIpc) is 3.18. The van der Waals surface area contributed by atoms with Gasteiger partial charge in [0.25, 0.3) is 0 Å². The molecule has 2 aliphatic heterocycles. The van der Waals surface area contributed by atoms with Gasteiger partial charge < -0.3 is 39.8 Å². The number of methoxy groups -OCH3 is 1. The van der Waals surface area contributed by atoms with Gasteiger partial charge >= 0.3 is 17.9 Å². The summed E-state index contributed by atoms with van der Waals surface area (Å²) >= 11 is 0. The Morgan fingerprint density at radius 1 is 1.31 bits per heavy atom. The first-order valence-electron chi connectivity index (χ1n) is 11.9. The number of likely N-dealkylation sites (N-methyl/N-ethyl adjacent to an activating group) is 1. The normalized spacial score (nSPS) is 31.3. The van der Waals surface area contributed by atoms with Crippen molar-refractivity contribution in [2.45, 2.75) is 67.9 Å². The summed E-state index contributed by atoms with van der Waals surface area (Å²) in [4.78, 5) is 37.9. The van der Waals surface area contributed by atoms with Gasteiger partial charge in [-0.2, -0.15) is 0 Å². The Hall–Kier alpha value is -3.15. The molecule has 2 heterocycles. The number of carboxylic acid groups (broad SMARTS) is 1. The van der Waals surface area contributed by atoms with E-state index >= 15 is 0 Å². The number of piperidine rings is 1. The summed E-state index contributed by atoms with van der Waals surface area (Å²) in [5, 5.41) is 21.0. The Morgan fingerprint density at radius 3 is 2.75 bits per heavy atom. The highest BCUT2D eigenvalue weighted by atomic mass is 16.6. The number of ether oxygens (including phenoxy) is 4. The summed E-state index contributed by atoms with van der Waals surface area (Å²) in [7, 11) is 3.55. The van der Waals surface area contributed by atoms with E-state index in [1.54, 1.807) is 13.2 Å². The highest BCUT2D eigenvalue weighted by Gasteiger charge is 2.72. The van der Waals surface area contributed by atoms with Gasteiger partial charge in [-0.3, -0.25) is 9.59 Å². The molecule has 0 saturated carbocycles. The zero-order chi connectivity index (χ0) is 26.0. The second-order valence-corrected chi connectivity index (χ2v) is 9.99. The molecule has 11 nitrogen and oxygen atoms in total. The van der Waals surface area contributed by atoms with Crippen LogP contribution < -0.4 is 15.2 Å². The number of hydrogen-bond acceptors (Lipinski definition) is 10. The van der Waals surface area contributed by atoms with E-state index in [2.05, 4.69) is 4.90 Å². The number of rotatable bonds is 7. The molecule has 0 aromatic heterocycles. The molecule has 1 aromatic carbocycles. The number of nitrogens with zero attached hydrogens (tertiary/aromatic N) is 1. The van der Waals surface area contributed by atoms with Crippen LogP contribution in [0.4, 0.5) is 0 Å². The van der Waals surface area contributed by atoms with E-state index in [-0.39, 0.29) is 18.2 Å². The zero-order valence-corrected chi connectivity index (χ0v) is 20.4. The lowest BCUT2D eigenvalue weighted by molar-refractivity contribution is -0.176. The molecule has 1 spiro atoms. The lowest BCUT2D eigenvalue weighted by atomic mass is 9.50. The molecule has 194 valence electrons. The number of esters is 2. The summed E-state index contributed by atoms with van der Waals surface area (Å²) in [5.74, 6) is -1.81. The molecule has 0 unspecified atom stereocenters. The second-order valence-electron chi connectivity index (χ2n) is 9.99. The zero-order valence-electron chi connectivity index (χ0n) is 20.4. The predicted octanol–water partition coefficient (Wildman–Crippen LogP) is 0.250. The van der Waals surface area contributed by atoms with Crippen LogP contribution in [0, 0.1) is 0 Å². The fourth-order valence-corrected chi connectivity index (χ4v) is 6.37. The quantitative estimate of drug-likeness (QED) is 0.439. The van der Waals surface area contributed by atoms with Crippen molar-refractivity contribution < 1.29 is 43.5 Å². The van der Waals surface area contributed by atoms with E-state index < -0.39 is 53.6 Å². The van der Waals surface area contributed by atoms with Crippen LogP contribution in [-0.4, -0.2) is 83.6 Å². The van der Waals surface area contributed by atoms with Gasteiger partial charge in [-0.15, -0.1) is 0 Å². The Balaban J connectivity index is 1.45. The monoisotopic (exact) mass is 502 g/mol. The van der Waals surface area contributed by atoms with Crippen LogP contribution in [0.15, 0.2) is 24.0 Å². The van der Waals surface area contributed by atoms with Gasteiger partial charge in [0.05, 0.1) is 24.5 Å². The maximum Gasteiger partial charge on any atom is 0.352 e. The molecule has 4 N–H and O–H groups in total. The SMILES string of the molecule is COc1ccc2c3c1O[C@H]1C(OC(=O)[C@H](C)OC(=O)[C@@H](N)CC(=O)O)=CC[C@@]4(O)[C@@H](C2)N(C)CC[C@]314. The van der Waals surface area contributed by atoms with Crippen molar-refractivity contribution in [2.24, 2.45) is 5.73 Å². The molecular weight excluding hydrogens is 472 g/mol. The molecule has 36 heavy (non-hydrogen) atoms. The van der Waals surface area contributed by atoms with Crippen LogP contribution in [0.5, 0.6) is 11.5 Å². The summed E-state index contributed by atoms with van der Waals surface area (Å²) in [5.41, 5.74) is 5.52. The minimum absolute atomic E-state index is 0.145. The molecule has 0 amide bonds. The van der Waals surface area contributed by atoms with Crippen LogP contribution in [0.3, 0.4) is 0 Å². The molecule has 11 heteroatoms. The van der Waals surface area contributed by atoms with Crippen LogP contribution in [0.25, 0.3) is 0 Å². The highest BCUT2D eigenvalue weighted by Crippen LogP contribution is 2.65. The number of benzene rings is 1. The van der Waals surface area contributed by atoms with Crippen LogP contribution in [-0.2, 0) is 35.7 Å². The first-order valence-corrected chi connectivity index (χ1v) is 11.9. The fraction of sp³-hybridized carbons (Fsp3) is 0.560. The van der Waals surface area contributed by atoms with Gasteiger partial charge in [-0.05, 0) is 51.1 Å². The van der Waals surface area contributed by atoms with Gasteiger partial charge in [-0.1, -0.05) is 6.07 Å². The molecule has 2 aliphatic carbocycles. The number of carboxylic acids is 1. The summed E-state index contributed by atoms with van der Waals surface area (Å²) in [6, 6.07) is 2.30. The van der Waals surface area contributed by atoms with Crippen molar-refractivity contribution in [2.75, 3.05) is 20.7 Å². The fourth-order valence-electron chi connectivity index (χ4n) is 6.37. The smallest absolute Gasteiger partial charge is 0.352 e. The largest absolute Gasteiger partial charge is 0.493 e. The topological polar surface area (TPSA) is 158 Å². The lowest BCUT2D eigenvalue weighted by Crippen LogP contribution is -2.74. The summed E-state index contributed by atoms with van der Waals surface area (Å²) in [6.07, 6.45) is 0.419. The van der Waals surface area contributed by atoms with E-state index in [4.69, 9.17) is 29.8 Å². The van der Waals surface area contributed by atoms with Crippen molar-refractivity contribution in [1.29, 1.82) is 0 Å². The van der Waals surface area contributed by atoms with Crippen LogP contribution >= 0.6 is 0 Å².